The predicted octanol–water partition coefficient (Wildman–Crippen LogP) is 4.42. The van der Waals surface area contributed by atoms with Crippen molar-refractivity contribution in [2.75, 3.05) is 13.2 Å². The molecule has 1 amide bonds. The molecule has 1 fully saturated rings. The van der Waals surface area contributed by atoms with E-state index in [-0.39, 0.29) is 24.5 Å². The van der Waals surface area contributed by atoms with E-state index in [2.05, 4.69) is 4.98 Å². The molecule has 1 aliphatic carbocycles. The second kappa shape index (κ2) is 9.95. The van der Waals surface area contributed by atoms with E-state index in [1.54, 1.807) is 17.2 Å². The molecular weight excluding hydrogens is 473 g/mol. The average molecular weight is 500 g/mol. The molecule has 0 bridgehead atoms. The number of nitrogens with zero attached hydrogens (tertiary/aromatic N) is 3. The maximum atomic E-state index is 14.0. The fourth-order valence-electron chi connectivity index (χ4n) is 5.29. The summed E-state index contributed by atoms with van der Waals surface area (Å²) >= 11 is 6.08. The molecule has 0 radical (unpaired) electrons. The fourth-order valence-corrected chi connectivity index (χ4v) is 5.53. The third-order valence-corrected chi connectivity index (χ3v) is 7.31. The van der Waals surface area contributed by atoms with E-state index in [0.717, 1.165) is 27.9 Å². The van der Waals surface area contributed by atoms with E-state index in [1.165, 1.54) is 12.1 Å². The second-order valence-electron chi connectivity index (χ2n) is 9.35. The highest BCUT2D eigenvalue weighted by Crippen LogP contribution is 2.31. The number of amides is 1. The number of aromatic nitrogens is 2. The summed E-state index contributed by atoms with van der Waals surface area (Å²) in [5, 5.41) is 10.5. The molecule has 3 aromatic rings. The zero-order valence-corrected chi connectivity index (χ0v) is 20.0. The number of hydrogen-bond acceptors (Lipinski definition) is 4. The Morgan fingerprint density at radius 2 is 2.00 bits per heavy atom. The highest BCUT2D eigenvalue weighted by molar-refractivity contribution is 6.30. The first-order valence-electron chi connectivity index (χ1n) is 11.9. The van der Waals surface area contributed by atoms with E-state index in [9.17, 15) is 14.0 Å². The van der Waals surface area contributed by atoms with Gasteiger partial charge < -0.3 is 19.3 Å². The zero-order chi connectivity index (χ0) is 24.5. The van der Waals surface area contributed by atoms with E-state index >= 15 is 0 Å². The van der Waals surface area contributed by atoms with Gasteiger partial charge in [-0.3, -0.25) is 9.59 Å². The van der Waals surface area contributed by atoms with Gasteiger partial charge in [-0.05, 0) is 73.6 Å². The second-order valence-corrected chi connectivity index (χ2v) is 9.79. The molecular formula is C26H27ClFN3O4. The van der Waals surface area contributed by atoms with Crippen LogP contribution in [-0.2, 0) is 33.8 Å². The van der Waals surface area contributed by atoms with E-state index in [4.69, 9.17) is 21.4 Å². The molecule has 3 heterocycles. The monoisotopic (exact) mass is 499 g/mol. The van der Waals surface area contributed by atoms with Crippen LogP contribution in [0.2, 0.25) is 5.02 Å². The van der Waals surface area contributed by atoms with Gasteiger partial charge in [0.1, 0.15) is 18.1 Å². The topological polar surface area (TPSA) is 84.7 Å². The van der Waals surface area contributed by atoms with Crippen LogP contribution >= 0.6 is 11.6 Å². The summed E-state index contributed by atoms with van der Waals surface area (Å²) in [6.45, 7) is 1.38. The molecule has 1 N–H and O–H groups in total. The van der Waals surface area contributed by atoms with Crippen LogP contribution in [0.1, 0.15) is 42.5 Å². The first kappa shape index (κ1) is 23.8. The largest absolute Gasteiger partial charge is 0.481 e. The fraction of sp³-hybridized carbons (Fsp3) is 0.423. The molecule has 0 spiro atoms. The Kier molecular flexibility index (Phi) is 6.75. The number of hydrogen-bond donors (Lipinski definition) is 1. The van der Waals surface area contributed by atoms with Crippen molar-refractivity contribution < 1.29 is 23.8 Å². The molecule has 5 rings (SSSR count). The highest BCUT2D eigenvalue weighted by Gasteiger charge is 2.30. The Bertz CT molecular complexity index is 1250. The molecule has 35 heavy (non-hydrogen) atoms. The van der Waals surface area contributed by atoms with E-state index in [1.807, 2.05) is 16.7 Å². The van der Waals surface area contributed by atoms with Crippen LogP contribution in [0.5, 0.6) is 0 Å². The van der Waals surface area contributed by atoms with Crippen molar-refractivity contribution in [2.45, 2.75) is 51.3 Å². The molecule has 0 saturated heterocycles. The number of benzene rings is 1. The van der Waals surface area contributed by atoms with Gasteiger partial charge in [-0.2, -0.15) is 0 Å². The SMILES string of the molecule is O=C(CO[C@H]1CC[C@@H](C(=O)O)CC1)N1CCc2c(n(Cc3cc(F)cc(Cl)c3)c3ncccc23)C1. The molecule has 0 atom stereocenters. The van der Waals surface area contributed by atoms with Crippen LogP contribution < -0.4 is 0 Å². The summed E-state index contributed by atoms with van der Waals surface area (Å²) in [4.78, 5) is 30.5. The lowest BCUT2D eigenvalue weighted by Gasteiger charge is -2.30. The van der Waals surface area contributed by atoms with Gasteiger partial charge in [-0.1, -0.05) is 11.6 Å². The molecule has 1 aromatic carbocycles. The van der Waals surface area contributed by atoms with Crippen LogP contribution in [-0.4, -0.2) is 50.7 Å². The molecule has 9 heteroatoms. The van der Waals surface area contributed by atoms with Crippen LogP contribution in [0.3, 0.4) is 0 Å². The summed E-state index contributed by atoms with van der Waals surface area (Å²) in [7, 11) is 0. The molecule has 2 aliphatic rings. The number of aliphatic carboxylic acids is 1. The predicted molar refractivity (Wildman–Crippen MR) is 129 cm³/mol. The lowest BCUT2D eigenvalue weighted by molar-refractivity contribution is -0.146. The molecule has 0 unspecified atom stereocenters. The van der Waals surface area contributed by atoms with Crippen molar-refractivity contribution >= 4 is 34.5 Å². The maximum Gasteiger partial charge on any atom is 0.306 e. The number of carboxylic acid groups (broad SMARTS) is 1. The number of pyridine rings is 1. The summed E-state index contributed by atoms with van der Waals surface area (Å²) in [5.41, 5.74) is 3.68. The maximum absolute atomic E-state index is 14.0. The standard InChI is InChI=1S/C26H27ClFN3O4/c27-18-10-16(11-19(28)12-18)13-31-23-14-30(9-7-21(23)22-2-1-8-29-25(22)31)24(32)15-35-20-5-3-17(4-6-20)26(33)34/h1-2,8,10-12,17,20H,3-7,9,13-15H2,(H,33,34)/t17-,20+. The quantitative estimate of drug-likeness (QED) is 0.542. The summed E-state index contributed by atoms with van der Waals surface area (Å²) in [6.07, 6.45) is 4.83. The average Bonchev–Trinajstić information content (AvgIpc) is 3.15. The van der Waals surface area contributed by atoms with Crippen LogP contribution in [0.25, 0.3) is 11.0 Å². The lowest BCUT2D eigenvalue weighted by Crippen LogP contribution is -2.40. The van der Waals surface area contributed by atoms with Gasteiger partial charge in [0.25, 0.3) is 0 Å². The zero-order valence-electron chi connectivity index (χ0n) is 19.3. The Morgan fingerprint density at radius 1 is 1.20 bits per heavy atom. The van der Waals surface area contributed by atoms with Gasteiger partial charge in [0.2, 0.25) is 5.91 Å². The number of carbonyl (C=O) groups excluding carboxylic acids is 1. The Morgan fingerprint density at radius 3 is 2.74 bits per heavy atom. The number of rotatable bonds is 6. The molecule has 1 saturated carbocycles. The minimum Gasteiger partial charge on any atom is -0.481 e. The smallest absolute Gasteiger partial charge is 0.306 e. The Hall–Kier alpha value is -2.97. The summed E-state index contributed by atoms with van der Waals surface area (Å²) in [6, 6.07) is 8.41. The summed E-state index contributed by atoms with van der Waals surface area (Å²) < 4.78 is 21.9. The van der Waals surface area contributed by atoms with Gasteiger partial charge in [-0.15, -0.1) is 0 Å². The number of carbonyl (C=O) groups is 2. The van der Waals surface area contributed by atoms with Crippen molar-refractivity contribution in [3.8, 4) is 0 Å². The van der Waals surface area contributed by atoms with Gasteiger partial charge in [-0.25, -0.2) is 9.37 Å². The van der Waals surface area contributed by atoms with Gasteiger partial charge in [0, 0.05) is 35.4 Å². The van der Waals surface area contributed by atoms with Crippen molar-refractivity contribution in [2.24, 2.45) is 5.92 Å². The lowest BCUT2D eigenvalue weighted by atomic mass is 9.87. The normalized spacial score (nSPS) is 20.1. The molecule has 2 aromatic heterocycles. The highest BCUT2D eigenvalue weighted by atomic mass is 35.5. The minimum atomic E-state index is -0.756. The number of carboxylic acids is 1. The Balaban J connectivity index is 1.31. The molecule has 7 nitrogen and oxygen atoms in total. The van der Waals surface area contributed by atoms with Crippen LogP contribution in [0.15, 0.2) is 36.5 Å². The molecule has 1 aliphatic heterocycles. The number of fused-ring (bicyclic) bond motifs is 3. The number of halogens is 2. The van der Waals surface area contributed by atoms with Crippen molar-refractivity contribution in [3.63, 3.8) is 0 Å². The first-order valence-corrected chi connectivity index (χ1v) is 12.3. The minimum absolute atomic E-state index is 0.0181. The van der Waals surface area contributed by atoms with Gasteiger partial charge in [0.05, 0.1) is 18.6 Å². The van der Waals surface area contributed by atoms with Crippen LogP contribution in [0, 0.1) is 11.7 Å². The summed E-state index contributed by atoms with van der Waals surface area (Å²) in [5.74, 6) is -1.55. The van der Waals surface area contributed by atoms with Crippen molar-refractivity contribution in [1.29, 1.82) is 0 Å². The third-order valence-electron chi connectivity index (χ3n) is 7.10. The Labute approximate surface area is 207 Å². The van der Waals surface area contributed by atoms with Gasteiger partial charge in [0.15, 0.2) is 0 Å². The van der Waals surface area contributed by atoms with Crippen molar-refractivity contribution in [3.05, 3.63) is 64.2 Å². The first-order chi connectivity index (χ1) is 16.9. The van der Waals surface area contributed by atoms with E-state index in [0.29, 0.717) is 56.8 Å². The molecule has 184 valence electrons. The third kappa shape index (κ3) is 5.04. The van der Waals surface area contributed by atoms with Crippen LogP contribution in [0.4, 0.5) is 4.39 Å². The van der Waals surface area contributed by atoms with Gasteiger partial charge >= 0.3 is 5.97 Å². The van der Waals surface area contributed by atoms with Crippen molar-refractivity contribution in [1.82, 2.24) is 14.5 Å². The number of ether oxygens (including phenoxy) is 1. The van der Waals surface area contributed by atoms with E-state index < -0.39 is 11.8 Å².